The zero-order valence-electron chi connectivity index (χ0n) is 30.5. The monoisotopic (exact) mass is 714 g/mol. The molecule has 0 saturated heterocycles. The van der Waals surface area contributed by atoms with Crippen LogP contribution in [0.5, 0.6) is 0 Å². The Kier molecular flexibility index (Phi) is 7.56. The second-order valence-corrected chi connectivity index (χ2v) is 14.5. The lowest BCUT2D eigenvalue weighted by Gasteiger charge is -2.10. The number of hydrogen-bond acceptors (Lipinski definition) is 3. The predicted molar refractivity (Wildman–Crippen MR) is 231 cm³/mol. The van der Waals surface area contributed by atoms with Gasteiger partial charge in [0.25, 0.3) is 0 Å². The first-order chi connectivity index (χ1) is 27.7. The fourth-order valence-electron chi connectivity index (χ4n) is 8.41. The molecule has 0 fully saturated rings. The molecule has 1 aliphatic rings. The Morgan fingerprint density at radius 2 is 1.04 bits per heavy atom. The van der Waals surface area contributed by atoms with Gasteiger partial charge >= 0.3 is 0 Å². The first-order valence-electron chi connectivity index (χ1n) is 19.1. The summed E-state index contributed by atoms with van der Waals surface area (Å²) in [7, 11) is 0. The maximum Gasteiger partial charge on any atom is 0.161 e. The second-order valence-electron chi connectivity index (χ2n) is 14.5. The summed E-state index contributed by atoms with van der Waals surface area (Å²) in [5.74, 6) is 0.688. The lowest BCUT2D eigenvalue weighted by atomic mass is 9.95. The van der Waals surface area contributed by atoms with E-state index < -0.39 is 0 Å². The predicted octanol–water partition coefficient (Wildman–Crippen LogP) is 13.9. The molecule has 2 aromatic heterocycles. The quantitative estimate of drug-likeness (QED) is 0.172. The van der Waals surface area contributed by atoms with Crippen molar-refractivity contribution in [2.45, 2.75) is 6.42 Å². The van der Waals surface area contributed by atoms with Gasteiger partial charge in [-0.3, -0.25) is 0 Å². The van der Waals surface area contributed by atoms with Crippen LogP contribution in [0.4, 0.5) is 0 Å². The number of aromatic nitrogens is 2. The average Bonchev–Trinajstić information content (AvgIpc) is 3.80. The molecule has 0 spiro atoms. The first kappa shape index (κ1) is 32.1. The van der Waals surface area contributed by atoms with E-state index in [0.717, 1.165) is 56.1 Å². The minimum atomic E-state index is 0.688. The van der Waals surface area contributed by atoms with Crippen LogP contribution < -0.4 is 0 Å². The molecular formula is C53H34N2O. The highest BCUT2D eigenvalue weighted by Crippen LogP contribution is 2.47. The molecule has 0 radical (unpaired) electrons. The van der Waals surface area contributed by atoms with Gasteiger partial charge in [0.2, 0.25) is 0 Å². The number of allylic oxidation sites excluding steroid dienone is 1. The van der Waals surface area contributed by atoms with E-state index in [1.165, 1.54) is 55.6 Å². The molecule has 0 atom stereocenters. The number of rotatable bonds is 6. The fourth-order valence-corrected chi connectivity index (χ4v) is 8.41. The summed E-state index contributed by atoms with van der Waals surface area (Å²) >= 11 is 0. The van der Waals surface area contributed by atoms with Gasteiger partial charge in [0.05, 0.1) is 11.2 Å². The molecule has 10 aromatic rings. The number of hydrogen-bond donors (Lipinski definition) is 0. The Balaban J connectivity index is 1.01. The minimum absolute atomic E-state index is 0.688. The fraction of sp³-hybridized carbons (Fsp3) is 0.0189. The average molecular weight is 715 g/mol. The van der Waals surface area contributed by atoms with Crippen molar-refractivity contribution in [1.29, 1.82) is 0 Å². The van der Waals surface area contributed by atoms with Crippen molar-refractivity contribution in [3.63, 3.8) is 0 Å². The van der Waals surface area contributed by atoms with Crippen LogP contribution >= 0.6 is 0 Å². The number of fused-ring (bicyclic) bond motifs is 7. The van der Waals surface area contributed by atoms with Crippen LogP contribution in [0.1, 0.15) is 16.7 Å². The summed E-state index contributed by atoms with van der Waals surface area (Å²) in [6.45, 7) is 0. The topological polar surface area (TPSA) is 38.9 Å². The molecule has 0 saturated carbocycles. The number of nitrogens with zero attached hydrogens (tertiary/aromatic N) is 2. The minimum Gasteiger partial charge on any atom is -0.456 e. The third-order valence-electron chi connectivity index (χ3n) is 11.1. The molecular weight excluding hydrogens is 681 g/mol. The van der Waals surface area contributed by atoms with Crippen molar-refractivity contribution in [3.05, 3.63) is 211 Å². The first-order valence-corrected chi connectivity index (χ1v) is 19.1. The van der Waals surface area contributed by atoms with Crippen LogP contribution in [-0.4, -0.2) is 9.97 Å². The van der Waals surface area contributed by atoms with Gasteiger partial charge in [-0.25, -0.2) is 9.97 Å². The highest BCUT2D eigenvalue weighted by Gasteiger charge is 2.25. The third-order valence-corrected chi connectivity index (χ3v) is 11.1. The van der Waals surface area contributed by atoms with Gasteiger partial charge in [-0.2, -0.15) is 0 Å². The normalized spacial score (nSPS) is 12.0. The van der Waals surface area contributed by atoms with Crippen molar-refractivity contribution in [2.75, 3.05) is 0 Å². The van der Waals surface area contributed by atoms with E-state index in [1.807, 2.05) is 30.3 Å². The summed E-state index contributed by atoms with van der Waals surface area (Å²) in [5.41, 5.74) is 18.0. The standard InChI is InChI=1S/C53H34N2O/c1-4-13-35(14-5-1)38-25-29-40-41-30-26-39(36-15-6-2-7-16-36)33-47(41)42(46(40)32-38)27-23-34-24-28-44-50(31-34)56-49-22-12-20-45(51(44)49)53-54-48-21-11-10-19-43(48)52(55-53)37-17-8-3-9-18-37/h1-22,24-33H,23H2. The third kappa shape index (κ3) is 5.44. The summed E-state index contributed by atoms with van der Waals surface area (Å²) in [6.07, 6.45) is 3.16. The number of benzene rings is 8. The van der Waals surface area contributed by atoms with Crippen molar-refractivity contribution in [1.82, 2.24) is 9.97 Å². The molecule has 3 heteroatoms. The molecule has 0 aliphatic heterocycles. The van der Waals surface area contributed by atoms with E-state index >= 15 is 0 Å². The molecule has 2 heterocycles. The summed E-state index contributed by atoms with van der Waals surface area (Å²) in [5, 5.41) is 3.12. The smallest absolute Gasteiger partial charge is 0.161 e. The van der Waals surface area contributed by atoms with E-state index in [9.17, 15) is 0 Å². The number of furan rings is 1. The van der Waals surface area contributed by atoms with Gasteiger partial charge in [0.1, 0.15) is 11.2 Å². The van der Waals surface area contributed by atoms with E-state index in [2.05, 4.69) is 164 Å². The molecule has 11 rings (SSSR count). The lowest BCUT2D eigenvalue weighted by molar-refractivity contribution is 0.668. The summed E-state index contributed by atoms with van der Waals surface area (Å²) in [6, 6.07) is 66.5. The Morgan fingerprint density at radius 3 is 1.71 bits per heavy atom. The van der Waals surface area contributed by atoms with Crippen molar-refractivity contribution < 1.29 is 4.42 Å². The largest absolute Gasteiger partial charge is 0.456 e. The van der Waals surface area contributed by atoms with E-state index in [4.69, 9.17) is 14.4 Å². The van der Waals surface area contributed by atoms with Crippen LogP contribution in [-0.2, 0) is 6.42 Å². The summed E-state index contributed by atoms with van der Waals surface area (Å²) in [4.78, 5) is 10.3. The van der Waals surface area contributed by atoms with Gasteiger partial charge in [0, 0.05) is 27.3 Å². The Morgan fingerprint density at radius 1 is 0.411 bits per heavy atom. The van der Waals surface area contributed by atoms with E-state index in [1.54, 1.807) is 0 Å². The Hall–Kier alpha value is -7.36. The zero-order valence-corrected chi connectivity index (χ0v) is 30.5. The van der Waals surface area contributed by atoms with Gasteiger partial charge in [-0.1, -0.05) is 164 Å². The van der Waals surface area contributed by atoms with Crippen LogP contribution in [0.3, 0.4) is 0 Å². The van der Waals surface area contributed by atoms with Gasteiger partial charge < -0.3 is 4.42 Å². The molecule has 0 amide bonds. The van der Waals surface area contributed by atoms with E-state index in [-0.39, 0.29) is 0 Å². The van der Waals surface area contributed by atoms with Gasteiger partial charge in [0.15, 0.2) is 5.82 Å². The van der Waals surface area contributed by atoms with Crippen molar-refractivity contribution in [3.8, 4) is 56.0 Å². The van der Waals surface area contributed by atoms with Crippen LogP contribution in [0.25, 0.3) is 94.4 Å². The molecule has 8 aromatic carbocycles. The van der Waals surface area contributed by atoms with Crippen LogP contribution in [0.15, 0.2) is 199 Å². The SMILES string of the molecule is C(Cc1ccc2c(c1)oc1cccc(-c3nc(-c4ccccc4)c4ccccc4n3)c12)=C1c2cc(-c3ccccc3)ccc2-c2ccc(-c3ccccc3)cc21. The van der Waals surface area contributed by atoms with E-state index in [0.29, 0.717) is 5.82 Å². The molecule has 0 N–H and O–H groups in total. The maximum atomic E-state index is 6.60. The number of para-hydroxylation sites is 1. The Bertz CT molecular complexity index is 3050. The molecule has 0 unspecified atom stereocenters. The maximum absolute atomic E-state index is 6.60. The Labute approximate surface area is 324 Å². The van der Waals surface area contributed by atoms with Crippen molar-refractivity contribution in [2.24, 2.45) is 0 Å². The van der Waals surface area contributed by atoms with Gasteiger partial charge in [-0.15, -0.1) is 0 Å². The van der Waals surface area contributed by atoms with Crippen molar-refractivity contribution >= 4 is 38.4 Å². The highest BCUT2D eigenvalue weighted by molar-refractivity contribution is 6.12. The lowest BCUT2D eigenvalue weighted by Crippen LogP contribution is -1.95. The molecule has 0 bridgehead atoms. The van der Waals surface area contributed by atoms with Crippen LogP contribution in [0.2, 0.25) is 0 Å². The molecule has 1 aliphatic carbocycles. The molecule has 262 valence electrons. The summed E-state index contributed by atoms with van der Waals surface area (Å²) < 4.78 is 6.60. The molecule has 3 nitrogen and oxygen atoms in total. The molecule has 56 heavy (non-hydrogen) atoms. The highest BCUT2D eigenvalue weighted by atomic mass is 16.3. The van der Waals surface area contributed by atoms with Crippen LogP contribution in [0, 0.1) is 0 Å². The van der Waals surface area contributed by atoms with Gasteiger partial charge in [-0.05, 0) is 92.4 Å². The zero-order chi connectivity index (χ0) is 37.0. The second kappa shape index (κ2) is 13.2.